The van der Waals surface area contributed by atoms with E-state index in [1.165, 1.54) is 30.3 Å². The van der Waals surface area contributed by atoms with Crippen molar-refractivity contribution in [3.05, 3.63) is 81.9 Å². The molecule has 3 aromatic carbocycles. The molecule has 0 radical (unpaired) electrons. The monoisotopic (exact) mass is 593 g/mol. The zero-order chi connectivity index (χ0) is 30.4. The lowest BCUT2D eigenvalue weighted by atomic mass is 10.1. The van der Waals surface area contributed by atoms with Gasteiger partial charge in [0.25, 0.3) is 21.6 Å². The summed E-state index contributed by atoms with van der Waals surface area (Å²) in [5.74, 6) is -1.60. The largest absolute Gasteiger partial charge is 0.416 e. The lowest BCUT2D eigenvalue weighted by molar-refractivity contribution is -0.383. The molecule has 0 fully saturated rings. The number of alkyl halides is 3. The molecule has 0 aliphatic heterocycles. The number of sulfonamides is 1. The van der Waals surface area contributed by atoms with Gasteiger partial charge in [-0.3, -0.25) is 19.7 Å². The SMILES string of the molecule is CCCCCC(=O)NS(=O)(=O)c1ccccc1NC(=O)c1ccc(Nc2ccc(C(F)(F)F)cc2N)c([N+](=O)[O-])c1. The number of rotatable bonds is 11. The summed E-state index contributed by atoms with van der Waals surface area (Å²) in [5, 5.41) is 16.7. The van der Waals surface area contributed by atoms with Crippen molar-refractivity contribution in [1.82, 2.24) is 4.72 Å². The number of nitrogens with zero attached hydrogens (tertiary/aromatic N) is 1. The van der Waals surface area contributed by atoms with Crippen LogP contribution in [0.25, 0.3) is 0 Å². The van der Waals surface area contributed by atoms with Crippen LogP contribution in [0.15, 0.2) is 65.6 Å². The van der Waals surface area contributed by atoms with Crippen LogP contribution >= 0.6 is 0 Å². The number of carbonyl (C=O) groups is 2. The summed E-state index contributed by atoms with van der Waals surface area (Å²) in [4.78, 5) is 35.6. The van der Waals surface area contributed by atoms with Crippen molar-refractivity contribution in [3.63, 3.8) is 0 Å². The van der Waals surface area contributed by atoms with Gasteiger partial charge in [0.15, 0.2) is 0 Å². The van der Waals surface area contributed by atoms with Crippen LogP contribution in [0, 0.1) is 10.1 Å². The molecule has 0 aromatic heterocycles. The Balaban J connectivity index is 1.84. The van der Waals surface area contributed by atoms with Crippen molar-refractivity contribution in [2.75, 3.05) is 16.4 Å². The predicted octanol–water partition coefficient (Wildman–Crippen LogP) is 5.58. The molecule has 0 bridgehead atoms. The Kier molecular flexibility index (Phi) is 9.55. The zero-order valence-corrected chi connectivity index (χ0v) is 22.4. The highest BCUT2D eigenvalue weighted by molar-refractivity contribution is 7.90. The number of hydrogen-bond acceptors (Lipinski definition) is 8. The maximum absolute atomic E-state index is 13.0. The number of hydrogen-bond donors (Lipinski definition) is 4. The molecule has 11 nitrogen and oxygen atoms in total. The van der Waals surface area contributed by atoms with E-state index < -0.39 is 44.2 Å². The van der Waals surface area contributed by atoms with Crippen molar-refractivity contribution in [1.29, 1.82) is 0 Å². The van der Waals surface area contributed by atoms with Gasteiger partial charge in [0.05, 0.1) is 27.5 Å². The minimum Gasteiger partial charge on any atom is -0.397 e. The summed E-state index contributed by atoms with van der Waals surface area (Å²) >= 11 is 0. The molecule has 0 heterocycles. The maximum Gasteiger partial charge on any atom is 0.416 e. The minimum absolute atomic E-state index is 0.00374. The van der Waals surface area contributed by atoms with Crippen LogP contribution in [0.2, 0.25) is 0 Å². The van der Waals surface area contributed by atoms with E-state index in [2.05, 4.69) is 10.6 Å². The first-order valence-corrected chi connectivity index (χ1v) is 13.7. The Morgan fingerprint density at radius 3 is 2.29 bits per heavy atom. The van der Waals surface area contributed by atoms with E-state index in [1.54, 1.807) is 0 Å². The average Bonchev–Trinajstić information content (AvgIpc) is 2.89. The van der Waals surface area contributed by atoms with Gasteiger partial charge in [0.2, 0.25) is 5.91 Å². The Labute approximate surface area is 233 Å². The Hall–Kier alpha value is -4.66. The minimum atomic E-state index is -4.63. The van der Waals surface area contributed by atoms with Gasteiger partial charge in [-0.25, -0.2) is 13.1 Å². The van der Waals surface area contributed by atoms with Crippen molar-refractivity contribution >= 4 is 50.3 Å². The van der Waals surface area contributed by atoms with Gasteiger partial charge in [0, 0.05) is 18.1 Å². The van der Waals surface area contributed by atoms with Crippen molar-refractivity contribution in [2.45, 2.75) is 43.7 Å². The molecule has 0 aliphatic rings. The van der Waals surface area contributed by atoms with E-state index in [-0.39, 0.29) is 39.6 Å². The molecule has 0 saturated heterocycles. The summed E-state index contributed by atoms with van der Waals surface area (Å²) in [5.41, 5.74) is 3.19. The van der Waals surface area contributed by atoms with E-state index >= 15 is 0 Å². The Morgan fingerprint density at radius 2 is 1.66 bits per heavy atom. The van der Waals surface area contributed by atoms with E-state index in [4.69, 9.17) is 5.73 Å². The first-order chi connectivity index (χ1) is 19.2. The molecule has 0 atom stereocenters. The van der Waals surface area contributed by atoms with Crippen LogP contribution in [0.4, 0.5) is 41.6 Å². The third-order valence-electron chi connectivity index (χ3n) is 5.79. The fourth-order valence-electron chi connectivity index (χ4n) is 3.72. The second kappa shape index (κ2) is 12.7. The van der Waals surface area contributed by atoms with Gasteiger partial charge in [-0.2, -0.15) is 13.2 Å². The van der Waals surface area contributed by atoms with Crippen molar-refractivity contribution in [3.8, 4) is 0 Å². The van der Waals surface area contributed by atoms with Crippen LogP contribution in [0.5, 0.6) is 0 Å². The van der Waals surface area contributed by atoms with Crippen LogP contribution in [0.1, 0.15) is 48.5 Å². The number of nitrogens with one attached hydrogen (secondary N) is 3. The summed E-state index contributed by atoms with van der Waals surface area (Å²) in [6.45, 7) is 1.93. The fraction of sp³-hybridized carbons (Fsp3) is 0.231. The molecule has 218 valence electrons. The number of unbranched alkanes of at least 4 members (excludes halogenated alkanes) is 2. The van der Waals surface area contributed by atoms with Crippen LogP contribution < -0.4 is 21.1 Å². The summed E-state index contributed by atoms with van der Waals surface area (Å²) in [6.07, 6.45) is -2.54. The maximum atomic E-state index is 13.0. The number of amides is 2. The fourth-order valence-corrected chi connectivity index (χ4v) is 4.90. The van der Waals surface area contributed by atoms with Gasteiger partial charge in [-0.05, 0) is 48.9 Å². The standard InChI is InChI=1S/C26H26F3N5O6S/c1-2-3-4-9-24(35)33-41(39,40)23-8-6-5-7-21(23)32-25(36)16-10-12-20(22(14-16)34(37)38)31-19-13-11-17(15-18(19)30)26(27,28)29/h5-8,10-15,31H,2-4,9,30H2,1H3,(H,32,36)(H,33,35). The van der Waals surface area contributed by atoms with Gasteiger partial charge in [-0.1, -0.05) is 31.9 Å². The second-order valence-corrected chi connectivity index (χ2v) is 10.5. The van der Waals surface area contributed by atoms with Crippen LogP contribution in [-0.4, -0.2) is 25.2 Å². The smallest absolute Gasteiger partial charge is 0.397 e. The van der Waals surface area contributed by atoms with Gasteiger partial charge >= 0.3 is 6.18 Å². The topological polar surface area (TPSA) is 174 Å². The molecule has 0 unspecified atom stereocenters. The number of nitrogen functional groups attached to an aromatic ring is 1. The molecular formula is C26H26F3N5O6S. The molecule has 0 saturated carbocycles. The number of anilines is 4. The van der Waals surface area contributed by atoms with E-state index in [9.17, 15) is 41.3 Å². The summed E-state index contributed by atoms with van der Waals surface area (Å²) < 4.78 is 66.4. The van der Waals surface area contributed by atoms with Crippen LogP contribution in [-0.2, 0) is 21.0 Å². The second-order valence-electron chi connectivity index (χ2n) is 8.85. The normalized spacial score (nSPS) is 11.5. The number of carbonyl (C=O) groups excluding carboxylic acids is 2. The van der Waals surface area contributed by atoms with E-state index in [1.807, 2.05) is 11.6 Å². The van der Waals surface area contributed by atoms with Gasteiger partial charge in [-0.15, -0.1) is 0 Å². The molecule has 15 heteroatoms. The average molecular weight is 594 g/mol. The number of para-hydroxylation sites is 1. The third-order valence-corrected chi connectivity index (χ3v) is 7.22. The number of nitro benzene ring substituents is 1. The number of halogens is 3. The molecular weight excluding hydrogens is 567 g/mol. The summed E-state index contributed by atoms with van der Waals surface area (Å²) in [6, 6.07) is 11.0. The predicted molar refractivity (Wildman–Crippen MR) is 146 cm³/mol. The lowest BCUT2D eigenvalue weighted by Crippen LogP contribution is -2.31. The quantitative estimate of drug-likeness (QED) is 0.0965. The molecule has 41 heavy (non-hydrogen) atoms. The highest BCUT2D eigenvalue weighted by atomic mass is 32.2. The van der Waals surface area contributed by atoms with Gasteiger partial charge < -0.3 is 16.4 Å². The van der Waals surface area contributed by atoms with E-state index in [0.29, 0.717) is 12.5 Å². The zero-order valence-electron chi connectivity index (χ0n) is 21.6. The van der Waals surface area contributed by atoms with Crippen LogP contribution in [0.3, 0.4) is 0 Å². The molecule has 0 aliphatic carbocycles. The highest BCUT2D eigenvalue weighted by Crippen LogP contribution is 2.36. The molecule has 3 rings (SSSR count). The highest BCUT2D eigenvalue weighted by Gasteiger charge is 2.31. The number of nitrogens with two attached hydrogens (primary N) is 1. The lowest BCUT2D eigenvalue weighted by Gasteiger charge is -2.14. The molecule has 2 amide bonds. The number of benzene rings is 3. The number of nitro groups is 1. The Morgan fingerprint density at radius 1 is 0.976 bits per heavy atom. The molecule has 3 aromatic rings. The Bertz CT molecular complexity index is 1580. The van der Waals surface area contributed by atoms with Gasteiger partial charge in [0.1, 0.15) is 10.6 Å². The third kappa shape index (κ3) is 7.94. The van der Waals surface area contributed by atoms with E-state index in [0.717, 1.165) is 37.1 Å². The van der Waals surface area contributed by atoms with Crippen molar-refractivity contribution < 1.29 is 36.1 Å². The first kappa shape index (κ1) is 30.9. The van der Waals surface area contributed by atoms with Crippen molar-refractivity contribution in [2.24, 2.45) is 0 Å². The molecule has 5 N–H and O–H groups in total. The molecule has 0 spiro atoms. The summed E-state index contributed by atoms with van der Waals surface area (Å²) in [7, 11) is -4.35. The first-order valence-electron chi connectivity index (χ1n) is 12.2.